The van der Waals surface area contributed by atoms with E-state index in [0.29, 0.717) is 0 Å². The Bertz CT molecular complexity index is 1090. The average molecular weight is 424 g/mol. The molecule has 7 nitrogen and oxygen atoms in total. The summed E-state index contributed by atoms with van der Waals surface area (Å²) in [6.45, 7) is -0.897. The lowest BCUT2D eigenvalue weighted by Crippen LogP contribution is -2.43. The number of anilines is 1. The zero-order valence-corrected chi connectivity index (χ0v) is 14.8. The lowest BCUT2D eigenvalue weighted by molar-refractivity contribution is -0.137. The molecule has 11 heteroatoms. The molecule has 1 aliphatic rings. The van der Waals surface area contributed by atoms with Gasteiger partial charge in [-0.05, 0) is 18.2 Å². The molecule has 0 saturated heterocycles. The highest BCUT2D eigenvalue weighted by atomic mass is 19.1. The van der Waals surface area contributed by atoms with Gasteiger partial charge in [0.2, 0.25) is 0 Å². The number of halogens is 4. The molecule has 0 bridgehead atoms. The molecule has 1 unspecified atom stereocenters. The van der Waals surface area contributed by atoms with Gasteiger partial charge in [-0.15, -0.1) is 0 Å². The van der Waals surface area contributed by atoms with E-state index < -0.39 is 70.4 Å². The molecule has 1 amide bonds. The molecule has 1 atom stereocenters. The predicted molar refractivity (Wildman–Crippen MR) is 94.7 cm³/mol. The molecule has 0 radical (unpaired) electrons. The minimum atomic E-state index is -1.88. The zero-order chi connectivity index (χ0) is 22.2. The fraction of sp³-hybridized carbons (Fsp3) is 0.105. The molecule has 0 spiro atoms. The number of hydrogen-bond donors (Lipinski definition) is 4. The van der Waals surface area contributed by atoms with Crippen molar-refractivity contribution >= 4 is 29.1 Å². The first-order chi connectivity index (χ1) is 14.1. The zero-order valence-electron chi connectivity index (χ0n) is 14.8. The summed E-state index contributed by atoms with van der Waals surface area (Å²) in [4.78, 5) is 36.0. The van der Waals surface area contributed by atoms with E-state index in [9.17, 15) is 37.1 Å². The van der Waals surface area contributed by atoms with Crippen LogP contribution in [-0.2, 0) is 9.59 Å². The van der Waals surface area contributed by atoms with Crippen molar-refractivity contribution in [2.75, 3.05) is 11.9 Å². The van der Waals surface area contributed by atoms with Crippen molar-refractivity contribution in [1.82, 2.24) is 5.32 Å². The van der Waals surface area contributed by atoms with E-state index in [-0.39, 0.29) is 23.4 Å². The quantitative estimate of drug-likeness (QED) is 0.433. The highest BCUT2D eigenvalue weighted by Gasteiger charge is 2.38. The number of aliphatic hydroxyl groups is 1. The summed E-state index contributed by atoms with van der Waals surface area (Å²) in [7, 11) is 0. The number of nitrogens with one attached hydrogen (secondary N) is 2. The average Bonchev–Trinajstić information content (AvgIpc) is 2.65. The molecule has 0 fully saturated rings. The van der Waals surface area contributed by atoms with Crippen LogP contribution in [0.3, 0.4) is 0 Å². The number of ketones is 1. The lowest BCUT2D eigenvalue weighted by Gasteiger charge is -2.28. The van der Waals surface area contributed by atoms with E-state index >= 15 is 0 Å². The Hall–Kier alpha value is -3.89. The molecule has 0 aromatic heterocycles. The first-order valence-electron chi connectivity index (χ1n) is 8.28. The summed E-state index contributed by atoms with van der Waals surface area (Å²) in [6, 6.07) is 1.56. The highest BCUT2D eigenvalue weighted by Crippen LogP contribution is 2.35. The number of carbonyl (C=O) groups is 3. The number of Topliss-reactive ketones (excluding diaryl/α,β-unsaturated/α-hetero) is 1. The number of benzene rings is 2. The van der Waals surface area contributed by atoms with E-state index in [1.165, 1.54) is 0 Å². The summed E-state index contributed by atoms with van der Waals surface area (Å²) in [5.41, 5.74) is -2.25. The molecular weight excluding hydrogens is 412 g/mol. The Morgan fingerprint density at radius 2 is 1.63 bits per heavy atom. The SMILES string of the molecule is O=C(O)CNC(=O)C1=C(O)c2cc(F)ccc2NC1C(=O)c1c(F)cc(F)cc1F. The molecular formula is C19H12F4N2O5. The number of aliphatic carboxylic acids is 1. The summed E-state index contributed by atoms with van der Waals surface area (Å²) in [5.74, 6) is -10.2. The monoisotopic (exact) mass is 424 g/mol. The number of carboxylic acids is 1. The van der Waals surface area contributed by atoms with Crippen molar-refractivity contribution in [3.05, 3.63) is 70.3 Å². The van der Waals surface area contributed by atoms with Gasteiger partial charge in [-0.3, -0.25) is 14.4 Å². The van der Waals surface area contributed by atoms with E-state index in [0.717, 1.165) is 18.2 Å². The van der Waals surface area contributed by atoms with Crippen molar-refractivity contribution in [2.24, 2.45) is 0 Å². The summed E-state index contributed by atoms with van der Waals surface area (Å²) < 4.78 is 55.0. The molecule has 1 heterocycles. The number of carboxylic acid groups (broad SMARTS) is 1. The maximum absolute atomic E-state index is 14.1. The second kappa shape index (κ2) is 7.85. The largest absolute Gasteiger partial charge is 0.507 e. The number of rotatable bonds is 5. The van der Waals surface area contributed by atoms with E-state index in [1.807, 2.05) is 5.32 Å². The third-order valence-corrected chi connectivity index (χ3v) is 4.24. The van der Waals surface area contributed by atoms with Crippen LogP contribution in [0, 0.1) is 23.3 Å². The molecule has 4 N–H and O–H groups in total. The second-order valence-corrected chi connectivity index (χ2v) is 6.21. The van der Waals surface area contributed by atoms with Crippen LogP contribution >= 0.6 is 0 Å². The van der Waals surface area contributed by atoms with Crippen molar-refractivity contribution in [2.45, 2.75) is 6.04 Å². The maximum Gasteiger partial charge on any atom is 0.322 e. The molecule has 156 valence electrons. The van der Waals surface area contributed by atoms with Gasteiger partial charge in [0.25, 0.3) is 5.91 Å². The number of amides is 1. The van der Waals surface area contributed by atoms with Crippen LogP contribution in [0.5, 0.6) is 0 Å². The molecule has 2 aromatic carbocycles. The number of carbonyl (C=O) groups excluding carboxylic acids is 2. The summed E-state index contributed by atoms with van der Waals surface area (Å²) in [5, 5.41) is 23.6. The molecule has 3 rings (SSSR count). The van der Waals surface area contributed by atoms with Gasteiger partial charge in [0, 0.05) is 23.4 Å². The predicted octanol–water partition coefficient (Wildman–Crippen LogP) is 2.39. The topological polar surface area (TPSA) is 116 Å². The normalized spacial score (nSPS) is 15.3. The first kappa shape index (κ1) is 20.8. The number of aliphatic hydroxyl groups excluding tert-OH is 1. The minimum Gasteiger partial charge on any atom is -0.507 e. The molecule has 2 aromatic rings. The fourth-order valence-electron chi connectivity index (χ4n) is 2.96. The number of hydrogen-bond acceptors (Lipinski definition) is 5. The Labute approximate surface area is 165 Å². The smallest absolute Gasteiger partial charge is 0.322 e. The molecule has 0 saturated carbocycles. The Morgan fingerprint density at radius 3 is 2.23 bits per heavy atom. The van der Waals surface area contributed by atoms with Crippen LogP contribution in [0.25, 0.3) is 5.76 Å². The molecule has 1 aliphatic heterocycles. The van der Waals surface area contributed by atoms with Crippen LogP contribution in [-0.4, -0.2) is 40.5 Å². The van der Waals surface area contributed by atoms with E-state index in [2.05, 4.69) is 5.32 Å². The van der Waals surface area contributed by atoms with Gasteiger partial charge in [-0.2, -0.15) is 0 Å². The van der Waals surface area contributed by atoms with Gasteiger partial charge >= 0.3 is 5.97 Å². The Kier molecular flexibility index (Phi) is 5.45. The van der Waals surface area contributed by atoms with Crippen LogP contribution in [0.15, 0.2) is 35.9 Å². The van der Waals surface area contributed by atoms with E-state index in [1.54, 1.807) is 0 Å². The first-order valence-corrected chi connectivity index (χ1v) is 8.28. The van der Waals surface area contributed by atoms with Gasteiger partial charge in [-0.1, -0.05) is 0 Å². The van der Waals surface area contributed by atoms with Crippen LogP contribution in [0.4, 0.5) is 23.2 Å². The standard InChI is InChI=1S/C19H12F4N2O5/c20-7-1-2-12-9(3-7)17(28)15(19(30)24-6-13(26)27)16(25-12)18(29)14-10(22)4-8(21)5-11(14)23/h1-5,16,25,28H,6H2,(H,24,30)(H,26,27). The second-order valence-electron chi connectivity index (χ2n) is 6.21. The molecule has 30 heavy (non-hydrogen) atoms. The summed E-state index contributed by atoms with van der Waals surface area (Å²) >= 11 is 0. The van der Waals surface area contributed by atoms with E-state index in [4.69, 9.17) is 5.11 Å². The van der Waals surface area contributed by atoms with Crippen molar-refractivity contribution in [3.8, 4) is 0 Å². The van der Waals surface area contributed by atoms with Gasteiger partial charge in [0.15, 0.2) is 5.78 Å². The summed E-state index contributed by atoms with van der Waals surface area (Å²) in [6.07, 6.45) is 0. The van der Waals surface area contributed by atoms with Crippen molar-refractivity contribution in [3.63, 3.8) is 0 Å². The van der Waals surface area contributed by atoms with Crippen LogP contribution in [0.2, 0.25) is 0 Å². The Morgan fingerprint density at radius 1 is 1.00 bits per heavy atom. The van der Waals surface area contributed by atoms with Gasteiger partial charge in [0.05, 0.1) is 11.1 Å². The van der Waals surface area contributed by atoms with Crippen LogP contribution in [0.1, 0.15) is 15.9 Å². The highest BCUT2D eigenvalue weighted by molar-refractivity contribution is 6.15. The fourth-order valence-corrected chi connectivity index (χ4v) is 2.96. The van der Waals surface area contributed by atoms with Crippen LogP contribution < -0.4 is 10.6 Å². The third-order valence-electron chi connectivity index (χ3n) is 4.24. The van der Waals surface area contributed by atoms with Gasteiger partial charge < -0.3 is 20.8 Å². The van der Waals surface area contributed by atoms with Crippen molar-refractivity contribution < 1.29 is 42.2 Å². The lowest BCUT2D eigenvalue weighted by atomic mass is 9.89. The maximum atomic E-state index is 14.1. The van der Waals surface area contributed by atoms with Gasteiger partial charge in [0.1, 0.15) is 41.6 Å². The molecule has 0 aliphatic carbocycles. The number of fused-ring (bicyclic) bond motifs is 1. The van der Waals surface area contributed by atoms with Gasteiger partial charge in [-0.25, -0.2) is 17.6 Å². The Balaban J connectivity index is 2.14. The minimum absolute atomic E-state index is 0.0371. The van der Waals surface area contributed by atoms with Crippen molar-refractivity contribution in [1.29, 1.82) is 0 Å². The third kappa shape index (κ3) is 3.81.